The summed E-state index contributed by atoms with van der Waals surface area (Å²) in [5, 5.41) is 3.44. The maximum Gasteiger partial charge on any atom is 0.163 e. The fourth-order valence-corrected chi connectivity index (χ4v) is 2.69. The minimum absolute atomic E-state index is 0.553. The molecule has 98 valence electrons. The molecule has 1 unspecified atom stereocenters. The highest BCUT2D eigenvalue weighted by Gasteiger charge is 2.24. The zero-order valence-corrected chi connectivity index (χ0v) is 10.7. The second kappa shape index (κ2) is 5.06. The molecule has 2 heterocycles. The van der Waals surface area contributed by atoms with Crippen LogP contribution in [0.25, 0.3) is 0 Å². The summed E-state index contributed by atoms with van der Waals surface area (Å²) < 4.78 is 16.5. The first kappa shape index (κ1) is 11.7. The third-order valence-electron chi connectivity index (χ3n) is 3.63. The van der Waals surface area contributed by atoms with E-state index >= 15 is 0 Å². The standard InChI is InChI=1S/C14H19NO3/c1-16-5-3-10-2-4-15-12-9-14-13(8-11(10)12)17-6-7-18-14/h8-10,15H,2-7H2,1H3. The summed E-state index contributed by atoms with van der Waals surface area (Å²) in [6, 6.07) is 4.21. The van der Waals surface area contributed by atoms with Crippen molar-refractivity contribution in [2.45, 2.75) is 18.8 Å². The molecule has 0 bridgehead atoms. The Hall–Kier alpha value is -1.42. The van der Waals surface area contributed by atoms with Crippen molar-refractivity contribution >= 4 is 5.69 Å². The quantitative estimate of drug-likeness (QED) is 0.893. The molecule has 0 aliphatic carbocycles. The summed E-state index contributed by atoms with van der Waals surface area (Å²) in [4.78, 5) is 0. The molecule has 1 aromatic carbocycles. The minimum Gasteiger partial charge on any atom is -0.486 e. The highest BCUT2D eigenvalue weighted by molar-refractivity contribution is 5.63. The van der Waals surface area contributed by atoms with Crippen molar-refractivity contribution in [2.75, 3.05) is 38.8 Å². The Morgan fingerprint density at radius 3 is 2.83 bits per heavy atom. The van der Waals surface area contributed by atoms with E-state index in [4.69, 9.17) is 14.2 Å². The number of anilines is 1. The van der Waals surface area contributed by atoms with Gasteiger partial charge in [-0.1, -0.05) is 0 Å². The monoisotopic (exact) mass is 249 g/mol. The van der Waals surface area contributed by atoms with Crippen LogP contribution in [0.1, 0.15) is 24.3 Å². The van der Waals surface area contributed by atoms with Gasteiger partial charge in [0, 0.05) is 32.0 Å². The number of benzene rings is 1. The fraction of sp³-hybridized carbons (Fsp3) is 0.571. The molecule has 0 aromatic heterocycles. The predicted octanol–water partition coefficient (Wildman–Crippen LogP) is 2.39. The average molecular weight is 249 g/mol. The second-order valence-corrected chi connectivity index (χ2v) is 4.78. The highest BCUT2D eigenvalue weighted by atomic mass is 16.6. The van der Waals surface area contributed by atoms with Gasteiger partial charge in [0.2, 0.25) is 0 Å². The van der Waals surface area contributed by atoms with Crippen LogP contribution in [-0.4, -0.2) is 33.5 Å². The number of fused-ring (bicyclic) bond motifs is 2. The van der Waals surface area contributed by atoms with Crippen molar-refractivity contribution in [1.82, 2.24) is 0 Å². The van der Waals surface area contributed by atoms with Crippen LogP contribution in [-0.2, 0) is 4.74 Å². The number of hydrogen-bond donors (Lipinski definition) is 1. The molecular weight excluding hydrogens is 230 g/mol. The van der Waals surface area contributed by atoms with Crippen LogP contribution in [0.2, 0.25) is 0 Å². The van der Waals surface area contributed by atoms with E-state index in [1.54, 1.807) is 7.11 Å². The summed E-state index contributed by atoms with van der Waals surface area (Å²) >= 11 is 0. The molecule has 1 aromatic rings. The third-order valence-corrected chi connectivity index (χ3v) is 3.63. The summed E-state index contributed by atoms with van der Waals surface area (Å²) in [6.45, 7) is 3.10. The Morgan fingerprint density at radius 2 is 2.06 bits per heavy atom. The van der Waals surface area contributed by atoms with Crippen LogP contribution < -0.4 is 14.8 Å². The first-order valence-electron chi connectivity index (χ1n) is 6.55. The maximum absolute atomic E-state index is 5.66. The van der Waals surface area contributed by atoms with Gasteiger partial charge < -0.3 is 19.5 Å². The van der Waals surface area contributed by atoms with E-state index < -0.39 is 0 Å². The third kappa shape index (κ3) is 2.12. The molecule has 4 nitrogen and oxygen atoms in total. The number of nitrogens with one attached hydrogen (secondary N) is 1. The summed E-state index contributed by atoms with van der Waals surface area (Å²) in [5.74, 6) is 2.29. The van der Waals surface area contributed by atoms with Crippen LogP contribution in [0.3, 0.4) is 0 Å². The first-order chi connectivity index (χ1) is 8.88. The first-order valence-corrected chi connectivity index (χ1v) is 6.55. The molecule has 0 saturated carbocycles. The fourth-order valence-electron chi connectivity index (χ4n) is 2.69. The van der Waals surface area contributed by atoms with Gasteiger partial charge in [0.1, 0.15) is 13.2 Å². The Labute approximate surface area is 107 Å². The van der Waals surface area contributed by atoms with Crippen molar-refractivity contribution in [2.24, 2.45) is 0 Å². The predicted molar refractivity (Wildman–Crippen MR) is 69.8 cm³/mol. The van der Waals surface area contributed by atoms with Gasteiger partial charge in [-0.05, 0) is 30.4 Å². The molecule has 2 aliphatic heterocycles. The molecule has 0 spiro atoms. The lowest BCUT2D eigenvalue weighted by Gasteiger charge is -2.29. The molecule has 0 fully saturated rings. The Balaban J connectivity index is 1.90. The van der Waals surface area contributed by atoms with E-state index in [1.165, 1.54) is 11.3 Å². The molecule has 1 atom stereocenters. The number of ether oxygens (including phenoxy) is 3. The number of hydrogen-bond acceptors (Lipinski definition) is 4. The van der Waals surface area contributed by atoms with Gasteiger partial charge in [-0.3, -0.25) is 0 Å². The van der Waals surface area contributed by atoms with Crippen LogP contribution in [0, 0.1) is 0 Å². The van der Waals surface area contributed by atoms with Crippen LogP contribution in [0.4, 0.5) is 5.69 Å². The van der Waals surface area contributed by atoms with E-state index in [0.29, 0.717) is 19.1 Å². The van der Waals surface area contributed by atoms with Gasteiger partial charge >= 0.3 is 0 Å². The van der Waals surface area contributed by atoms with Gasteiger partial charge in [0.25, 0.3) is 0 Å². The number of rotatable bonds is 3. The molecule has 18 heavy (non-hydrogen) atoms. The zero-order valence-electron chi connectivity index (χ0n) is 10.7. The number of methoxy groups -OCH3 is 1. The molecule has 2 aliphatic rings. The topological polar surface area (TPSA) is 39.7 Å². The Kier molecular flexibility index (Phi) is 3.28. The van der Waals surface area contributed by atoms with E-state index in [0.717, 1.165) is 37.5 Å². The zero-order chi connectivity index (χ0) is 12.4. The van der Waals surface area contributed by atoms with Gasteiger partial charge in [-0.2, -0.15) is 0 Å². The van der Waals surface area contributed by atoms with Gasteiger partial charge in [-0.25, -0.2) is 0 Å². The van der Waals surface area contributed by atoms with Crippen LogP contribution >= 0.6 is 0 Å². The largest absolute Gasteiger partial charge is 0.486 e. The summed E-state index contributed by atoms with van der Waals surface area (Å²) in [6.07, 6.45) is 2.21. The lowest BCUT2D eigenvalue weighted by molar-refractivity contribution is 0.170. The van der Waals surface area contributed by atoms with Crippen molar-refractivity contribution in [3.63, 3.8) is 0 Å². The molecule has 4 heteroatoms. The van der Waals surface area contributed by atoms with Crippen LogP contribution in [0.5, 0.6) is 11.5 Å². The van der Waals surface area contributed by atoms with E-state index in [1.807, 2.05) is 0 Å². The highest BCUT2D eigenvalue weighted by Crippen LogP contribution is 2.42. The van der Waals surface area contributed by atoms with E-state index in [-0.39, 0.29) is 0 Å². The molecule has 0 amide bonds. The van der Waals surface area contributed by atoms with Crippen molar-refractivity contribution in [3.8, 4) is 11.5 Å². The smallest absolute Gasteiger partial charge is 0.163 e. The Bertz CT molecular complexity index is 433. The second-order valence-electron chi connectivity index (χ2n) is 4.78. The van der Waals surface area contributed by atoms with Gasteiger partial charge in [0.05, 0.1) is 0 Å². The van der Waals surface area contributed by atoms with Crippen molar-refractivity contribution < 1.29 is 14.2 Å². The molecule has 0 saturated heterocycles. The van der Waals surface area contributed by atoms with Gasteiger partial charge in [-0.15, -0.1) is 0 Å². The molecule has 0 radical (unpaired) electrons. The lowest BCUT2D eigenvalue weighted by atomic mass is 9.88. The van der Waals surface area contributed by atoms with E-state index in [9.17, 15) is 0 Å². The summed E-state index contributed by atoms with van der Waals surface area (Å²) in [5.41, 5.74) is 2.52. The van der Waals surface area contributed by atoms with Crippen molar-refractivity contribution in [3.05, 3.63) is 17.7 Å². The van der Waals surface area contributed by atoms with Gasteiger partial charge in [0.15, 0.2) is 11.5 Å². The molecular formula is C14H19NO3. The minimum atomic E-state index is 0.553. The van der Waals surface area contributed by atoms with E-state index in [2.05, 4.69) is 17.4 Å². The maximum atomic E-state index is 5.66. The molecule has 3 rings (SSSR count). The lowest BCUT2D eigenvalue weighted by Crippen LogP contribution is -2.20. The summed E-state index contributed by atoms with van der Waals surface area (Å²) in [7, 11) is 1.76. The SMILES string of the molecule is COCCC1CCNc2cc3c(cc21)OCCO3. The normalized spacial score (nSPS) is 21.1. The average Bonchev–Trinajstić information content (AvgIpc) is 2.43. The molecule has 1 N–H and O–H groups in total. The Morgan fingerprint density at radius 1 is 1.28 bits per heavy atom. The van der Waals surface area contributed by atoms with Crippen molar-refractivity contribution in [1.29, 1.82) is 0 Å². The van der Waals surface area contributed by atoms with Crippen LogP contribution in [0.15, 0.2) is 12.1 Å².